The summed E-state index contributed by atoms with van der Waals surface area (Å²) in [5, 5.41) is 12.2. The zero-order valence-corrected chi connectivity index (χ0v) is 17.9. The van der Waals surface area contributed by atoms with Crippen LogP contribution < -0.4 is 14.8 Å². The number of hydrogen-bond donors (Lipinski definition) is 2. The fourth-order valence-corrected chi connectivity index (χ4v) is 3.09. The molecule has 1 amide bonds. The van der Waals surface area contributed by atoms with Gasteiger partial charge in [-0.3, -0.25) is 4.79 Å². The molecule has 3 aromatic rings. The lowest BCUT2D eigenvalue weighted by atomic mass is 10.1. The monoisotopic (exact) mass is 457 g/mol. The number of amides is 1. The van der Waals surface area contributed by atoms with Crippen LogP contribution in [0.15, 0.2) is 66.7 Å². The fourth-order valence-electron chi connectivity index (χ4n) is 2.92. The summed E-state index contributed by atoms with van der Waals surface area (Å²) >= 11 is 6.07. The molecule has 6 nitrogen and oxygen atoms in total. The van der Waals surface area contributed by atoms with Gasteiger partial charge in [-0.2, -0.15) is 0 Å². The minimum atomic E-state index is -1.02. The number of ether oxygens (including phenoxy) is 2. The molecule has 3 rings (SSSR count). The van der Waals surface area contributed by atoms with Crippen molar-refractivity contribution < 1.29 is 28.6 Å². The van der Waals surface area contributed by atoms with Crippen molar-refractivity contribution >= 4 is 23.5 Å². The standard InChI is InChI=1S/C24H21ClFNO5/c1-15(16-2-4-17(5-3-16)24(29)30)27-23(28)21-14-18(25)6-11-22(21)32-13-12-31-20-9-7-19(26)8-10-20/h2-11,14-15H,12-13H2,1H3,(H,27,28)(H,29,30)/t15-/m0/s1. The van der Waals surface area contributed by atoms with Crippen molar-refractivity contribution in [2.45, 2.75) is 13.0 Å². The maximum absolute atomic E-state index is 12.9. The highest BCUT2D eigenvalue weighted by atomic mass is 35.5. The lowest BCUT2D eigenvalue weighted by Crippen LogP contribution is -2.27. The van der Waals surface area contributed by atoms with Crippen LogP contribution in [0.3, 0.4) is 0 Å². The van der Waals surface area contributed by atoms with E-state index in [4.69, 9.17) is 26.2 Å². The third-order valence-electron chi connectivity index (χ3n) is 4.61. The van der Waals surface area contributed by atoms with Crippen molar-refractivity contribution in [2.24, 2.45) is 0 Å². The largest absolute Gasteiger partial charge is 0.490 e. The van der Waals surface area contributed by atoms with Crippen LogP contribution in [0, 0.1) is 5.82 Å². The Labute approximate surface area is 189 Å². The Kier molecular flexibility index (Phi) is 7.68. The number of carbonyl (C=O) groups is 2. The van der Waals surface area contributed by atoms with Crippen molar-refractivity contribution in [3.63, 3.8) is 0 Å². The molecule has 0 radical (unpaired) electrons. The molecular weight excluding hydrogens is 437 g/mol. The second-order valence-corrected chi connectivity index (χ2v) is 7.35. The van der Waals surface area contributed by atoms with Gasteiger partial charge in [0.15, 0.2) is 0 Å². The van der Waals surface area contributed by atoms with Crippen LogP contribution in [0.5, 0.6) is 11.5 Å². The Balaban J connectivity index is 1.62. The number of aromatic carboxylic acids is 1. The summed E-state index contributed by atoms with van der Waals surface area (Å²) < 4.78 is 24.1. The number of carboxylic acids is 1. The number of rotatable bonds is 9. The van der Waals surface area contributed by atoms with E-state index < -0.39 is 11.9 Å². The molecule has 0 fully saturated rings. The quantitative estimate of drug-likeness (QED) is 0.435. The van der Waals surface area contributed by atoms with Crippen molar-refractivity contribution in [1.29, 1.82) is 0 Å². The molecule has 0 spiro atoms. The van der Waals surface area contributed by atoms with Crippen molar-refractivity contribution in [1.82, 2.24) is 5.32 Å². The summed E-state index contributed by atoms with van der Waals surface area (Å²) in [5.74, 6) is -0.915. The number of carbonyl (C=O) groups excluding carboxylic acids is 1. The molecule has 0 aromatic heterocycles. The van der Waals surface area contributed by atoms with Gasteiger partial charge in [-0.05, 0) is 67.1 Å². The first-order chi connectivity index (χ1) is 15.3. The molecule has 0 aliphatic heterocycles. The molecule has 166 valence electrons. The first kappa shape index (κ1) is 23.1. The van der Waals surface area contributed by atoms with Crippen molar-refractivity contribution in [3.05, 3.63) is 94.3 Å². The minimum Gasteiger partial charge on any atom is -0.490 e. The molecule has 32 heavy (non-hydrogen) atoms. The van der Waals surface area contributed by atoms with E-state index in [9.17, 15) is 14.0 Å². The van der Waals surface area contributed by atoms with E-state index in [2.05, 4.69) is 5.32 Å². The van der Waals surface area contributed by atoms with Crippen LogP contribution in [0.4, 0.5) is 4.39 Å². The van der Waals surface area contributed by atoms with Crippen LogP contribution in [0.25, 0.3) is 0 Å². The maximum Gasteiger partial charge on any atom is 0.335 e. The maximum atomic E-state index is 12.9. The van der Waals surface area contributed by atoms with Gasteiger partial charge in [0.25, 0.3) is 5.91 Å². The summed E-state index contributed by atoms with van der Waals surface area (Å²) in [6, 6.07) is 16.2. The summed E-state index contributed by atoms with van der Waals surface area (Å²) in [5.41, 5.74) is 1.18. The van der Waals surface area contributed by atoms with E-state index in [1.54, 1.807) is 31.2 Å². The molecule has 0 bridgehead atoms. The molecule has 0 unspecified atom stereocenters. The SMILES string of the molecule is C[C@H](NC(=O)c1cc(Cl)ccc1OCCOc1ccc(F)cc1)c1ccc(C(=O)O)cc1. The number of hydrogen-bond acceptors (Lipinski definition) is 4. The lowest BCUT2D eigenvalue weighted by Gasteiger charge is -2.17. The third kappa shape index (κ3) is 6.21. The van der Waals surface area contributed by atoms with E-state index in [1.165, 1.54) is 42.5 Å². The zero-order valence-electron chi connectivity index (χ0n) is 17.2. The van der Waals surface area contributed by atoms with Gasteiger partial charge in [-0.15, -0.1) is 0 Å². The van der Waals surface area contributed by atoms with Crippen LogP contribution >= 0.6 is 11.6 Å². The van der Waals surface area contributed by atoms with E-state index in [0.717, 1.165) is 5.56 Å². The van der Waals surface area contributed by atoms with Gasteiger partial charge in [0, 0.05) is 5.02 Å². The Morgan fingerprint density at radius 2 is 1.66 bits per heavy atom. The Hall–Kier alpha value is -3.58. The van der Waals surface area contributed by atoms with Gasteiger partial charge in [0.2, 0.25) is 0 Å². The highest BCUT2D eigenvalue weighted by Gasteiger charge is 2.17. The van der Waals surface area contributed by atoms with Crippen LogP contribution in [0.1, 0.15) is 39.2 Å². The molecule has 0 heterocycles. The van der Waals surface area contributed by atoms with Gasteiger partial charge in [-0.1, -0.05) is 23.7 Å². The number of carboxylic acid groups (broad SMARTS) is 1. The van der Waals surface area contributed by atoms with Gasteiger partial charge in [0.1, 0.15) is 30.5 Å². The molecule has 3 aromatic carbocycles. The van der Waals surface area contributed by atoms with Gasteiger partial charge < -0.3 is 19.9 Å². The summed E-state index contributed by atoms with van der Waals surface area (Å²) in [7, 11) is 0. The van der Waals surface area contributed by atoms with E-state index in [1.807, 2.05) is 0 Å². The summed E-state index contributed by atoms with van der Waals surface area (Å²) in [6.07, 6.45) is 0. The molecule has 0 aliphatic carbocycles. The third-order valence-corrected chi connectivity index (χ3v) is 4.85. The highest BCUT2D eigenvalue weighted by molar-refractivity contribution is 6.31. The summed E-state index contributed by atoms with van der Waals surface area (Å²) in [6.45, 7) is 2.14. The Morgan fingerprint density at radius 1 is 1.00 bits per heavy atom. The number of halogens is 2. The molecule has 8 heteroatoms. The van der Waals surface area contributed by atoms with Gasteiger partial charge >= 0.3 is 5.97 Å². The van der Waals surface area contributed by atoms with Crippen LogP contribution in [-0.4, -0.2) is 30.2 Å². The zero-order chi connectivity index (χ0) is 23.1. The normalized spacial score (nSPS) is 11.5. The molecule has 2 N–H and O–H groups in total. The van der Waals surface area contributed by atoms with E-state index in [-0.39, 0.29) is 36.2 Å². The second-order valence-electron chi connectivity index (χ2n) is 6.91. The second kappa shape index (κ2) is 10.6. The smallest absolute Gasteiger partial charge is 0.335 e. The molecular formula is C24H21ClFNO5. The topological polar surface area (TPSA) is 84.9 Å². The van der Waals surface area contributed by atoms with Gasteiger partial charge in [0.05, 0.1) is 17.2 Å². The predicted octanol–water partition coefficient (Wildman–Crippen LogP) is 5.13. The van der Waals surface area contributed by atoms with Gasteiger partial charge in [-0.25, -0.2) is 9.18 Å². The number of benzene rings is 3. The first-order valence-electron chi connectivity index (χ1n) is 9.78. The van der Waals surface area contributed by atoms with Crippen LogP contribution in [0.2, 0.25) is 5.02 Å². The van der Waals surface area contributed by atoms with Crippen molar-refractivity contribution in [3.8, 4) is 11.5 Å². The lowest BCUT2D eigenvalue weighted by molar-refractivity contribution is 0.0696. The Bertz CT molecular complexity index is 1090. The van der Waals surface area contributed by atoms with Crippen LogP contribution in [-0.2, 0) is 0 Å². The average Bonchev–Trinajstić information content (AvgIpc) is 2.78. The van der Waals surface area contributed by atoms with E-state index >= 15 is 0 Å². The Morgan fingerprint density at radius 3 is 2.31 bits per heavy atom. The summed E-state index contributed by atoms with van der Waals surface area (Å²) in [4.78, 5) is 23.8. The average molecular weight is 458 g/mol. The minimum absolute atomic E-state index is 0.158. The van der Waals surface area contributed by atoms with E-state index in [0.29, 0.717) is 16.5 Å². The molecule has 1 atom stereocenters. The number of nitrogens with one attached hydrogen (secondary N) is 1. The van der Waals surface area contributed by atoms with Crippen molar-refractivity contribution in [2.75, 3.05) is 13.2 Å². The predicted molar refractivity (Wildman–Crippen MR) is 118 cm³/mol. The highest BCUT2D eigenvalue weighted by Crippen LogP contribution is 2.24. The fraction of sp³-hybridized carbons (Fsp3) is 0.167. The molecule has 0 saturated carbocycles. The first-order valence-corrected chi connectivity index (χ1v) is 10.2. The molecule has 0 saturated heterocycles. The molecule has 0 aliphatic rings.